The van der Waals surface area contributed by atoms with Crippen molar-refractivity contribution in [1.82, 2.24) is 20.1 Å². The Kier molecular flexibility index (Phi) is 6.87. The molecule has 4 aromatic rings. The number of hydrogen-bond acceptors (Lipinski definition) is 4. The number of thioether (sulfide) groups is 1. The molecule has 0 unspecified atom stereocenters. The van der Waals surface area contributed by atoms with E-state index in [0.717, 1.165) is 16.8 Å². The van der Waals surface area contributed by atoms with Crippen LogP contribution in [0.4, 0.5) is 4.39 Å². The van der Waals surface area contributed by atoms with Gasteiger partial charge in [-0.3, -0.25) is 9.36 Å². The normalized spacial score (nSPS) is 10.8. The highest BCUT2D eigenvalue weighted by Crippen LogP contribution is 2.28. The van der Waals surface area contributed by atoms with Crippen molar-refractivity contribution < 1.29 is 9.18 Å². The van der Waals surface area contributed by atoms with Gasteiger partial charge in [0.05, 0.1) is 17.8 Å². The molecule has 4 rings (SSSR count). The van der Waals surface area contributed by atoms with Gasteiger partial charge in [0.25, 0.3) is 5.91 Å². The summed E-state index contributed by atoms with van der Waals surface area (Å²) in [5.41, 5.74) is 2.95. The third-order valence-electron chi connectivity index (χ3n) is 4.85. The Morgan fingerprint density at radius 1 is 1.06 bits per heavy atom. The fraction of sp³-hybridized carbons (Fsp3) is 0.125. The van der Waals surface area contributed by atoms with Gasteiger partial charge in [-0.05, 0) is 42.3 Å². The second kappa shape index (κ2) is 9.97. The first-order valence-electron chi connectivity index (χ1n) is 9.93. The summed E-state index contributed by atoms with van der Waals surface area (Å²) in [6.45, 7) is 2.05. The predicted molar refractivity (Wildman–Crippen MR) is 125 cm³/mol. The van der Waals surface area contributed by atoms with E-state index in [4.69, 9.17) is 11.6 Å². The molecule has 0 radical (unpaired) electrons. The summed E-state index contributed by atoms with van der Waals surface area (Å²) in [5, 5.41) is 12.7. The number of rotatable bonds is 7. The van der Waals surface area contributed by atoms with Gasteiger partial charge in [0.15, 0.2) is 11.0 Å². The van der Waals surface area contributed by atoms with Crippen LogP contribution in [0, 0.1) is 12.7 Å². The van der Waals surface area contributed by atoms with Crippen LogP contribution in [-0.4, -0.2) is 20.7 Å². The van der Waals surface area contributed by atoms with Crippen molar-refractivity contribution >= 4 is 29.3 Å². The van der Waals surface area contributed by atoms with Crippen molar-refractivity contribution in [2.75, 3.05) is 0 Å². The van der Waals surface area contributed by atoms with Crippen molar-refractivity contribution in [1.29, 1.82) is 0 Å². The van der Waals surface area contributed by atoms with Crippen LogP contribution in [0.2, 0.25) is 5.02 Å². The van der Waals surface area contributed by atoms with Gasteiger partial charge in [-0.2, -0.15) is 0 Å². The Hall–Kier alpha value is -3.16. The molecule has 0 saturated heterocycles. The SMILES string of the molecule is Cc1ccc(Cl)cc1-n1c(CNC(=O)c2ccccc2F)nnc1SCc1ccccc1. The molecule has 0 aliphatic rings. The number of amides is 1. The summed E-state index contributed by atoms with van der Waals surface area (Å²) < 4.78 is 15.8. The number of hydrogen-bond donors (Lipinski definition) is 1. The molecule has 1 aromatic heterocycles. The van der Waals surface area contributed by atoms with Crippen molar-refractivity contribution in [3.63, 3.8) is 0 Å². The fourth-order valence-electron chi connectivity index (χ4n) is 3.20. The minimum Gasteiger partial charge on any atom is -0.345 e. The lowest BCUT2D eigenvalue weighted by Gasteiger charge is -2.14. The van der Waals surface area contributed by atoms with E-state index in [9.17, 15) is 9.18 Å². The Morgan fingerprint density at radius 3 is 2.59 bits per heavy atom. The Labute approximate surface area is 194 Å². The maximum Gasteiger partial charge on any atom is 0.254 e. The van der Waals surface area contributed by atoms with Crippen molar-refractivity contribution in [2.24, 2.45) is 0 Å². The van der Waals surface area contributed by atoms with Gasteiger partial charge in [0.2, 0.25) is 0 Å². The molecule has 0 saturated carbocycles. The van der Waals surface area contributed by atoms with Crippen LogP contribution in [0.3, 0.4) is 0 Å². The molecule has 0 fully saturated rings. The van der Waals surface area contributed by atoms with Gasteiger partial charge in [0.1, 0.15) is 5.82 Å². The lowest BCUT2D eigenvalue weighted by atomic mass is 10.2. The van der Waals surface area contributed by atoms with E-state index in [-0.39, 0.29) is 12.1 Å². The van der Waals surface area contributed by atoms with Crippen molar-refractivity contribution in [3.05, 3.63) is 106 Å². The van der Waals surface area contributed by atoms with Crippen LogP contribution >= 0.6 is 23.4 Å². The Balaban J connectivity index is 1.63. The number of aromatic nitrogens is 3. The summed E-state index contributed by atoms with van der Waals surface area (Å²) in [6, 6.07) is 21.5. The van der Waals surface area contributed by atoms with Crippen LogP contribution in [0.1, 0.15) is 27.3 Å². The smallest absolute Gasteiger partial charge is 0.254 e. The molecule has 8 heteroatoms. The van der Waals surface area contributed by atoms with Gasteiger partial charge in [-0.25, -0.2) is 4.39 Å². The molecule has 0 aliphatic carbocycles. The molecular formula is C24H20ClFN4OS. The van der Waals surface area contributed by atoms with Crippen LogP contribution in [0.15, 0.2) is 78.0 Å². The second-order valence-electron chi connectivity index (χ2n) is 7.10. The van der Waals surface area contributed by atoms with E-state index in [1.165, 1.54) is 23.9 Å². The summed E-state index contributed by atoms with van der Waals surface area (Å²) in [4.78, 5) is 12.5. The molecule has 32 heavy (non-hydrogen) atoms. The number of nitrogens with one attached hydrogen (secondary N) is 1. The molecule has 0 atom stereocenters. The number of halogens is 2. The highest BCUT2D eigenvalue weighted by Gasteiger charge is 2.18. The van der Waals surface area contributed by atoms with E-state index in [1.54, 1.807) is 12.1 Å². The second-order valence-corrected chi connectivity index (χ2v) is 8.48. The Morgan fingerprint density at radius 2 is 1.81 bits per heavy atom. The minimum absolute atomic E-state index is 0.0174. The van der Waals surface area contributed by atoms with E-state index in [0.29, 0.717) is 21.8 Å². The highest BCUT2D eigenvalue weighted by molar-refractivity contribution is 7.98. The van der Waals surface area contributed by atoms with Crippen LogP contribution in [0.25, 0.3) is 5.69 Å². The van der Waals surface area contributed by atoms with Gasteiger partial charge in [0, 0.05) is 10.8 Å². The lowest BCUT2D eigenvalue weighted by molar-refractivity contribution is 0.0945. The first-order valence-corrected chi connectivity index (χ1v) is 11.3. The number of benzene rings is 3. The van der Waals surface area contributed by atoms with Gasteiger partial charge in [-0.15, -0.1) is 10.2 Å². The zero-order chi connectivity index (χ0) is 22.5. The van der Waals surface area contributed by atoms with E-state index in [2.05, 4.69) is 15.5 Å². The molecule has 5 nitrogen and oxygen atoms in total. The maximum absolute atomic E-state index is 14.0. The van der Waals surface area contributed by atoms with Gasteiger partial charge in [-0.1, -0.05) is 71.9 Å². The first kappa shape index (κ1) is 22.0. The Bertz CT molecular complexity index is 1250. The third-order valence-corrected chi connectivity index (χ3v) is 6.08. The number of carbonyl (C=O) groups excluding carboxylic acids is 1. The highest BCUT2D eigenvalue weighted by atomic mass is 35.5. The summed E-state index contributed by atoms with van der Waals surface area (Å²) in [6.07, 6.45) is 0. The molecule has 1 N–H and O–H groups in total. The number of nitrogens with zero attached hydrogens (tertiary/aromatic N) is 3. The number of carbonyl (C=O) groups is 1. The van der Waals surface area contributed by atoms with Crippen LogP contribution in [0.5, 0.6) is 0 Å². The summed E-state index contributed by atoms with van der Waals surface area (Å²) in [5.74, 6) is 0.144. The van der Waals surface area contributed by atoms with E-state index < -0.39 is 11.7 Å². The average Bonchev–Trinajstić information content (AvgIpc) is 3.21. The molecule has 1 amide bonds. The zero-order valence-corrected chi connectivity index (χ0v) is 18.8. The molecular weight excluding hydrogens is 447 g/mol. The minimum atomic E-state index is -0.573. The fourth-order valence-corrected chi connectivity index (χ4v) is 4.28. The number of aryl methyl sites for hydroxylation is 1. The molecule has 0 spiro atoms. The predicted octanol–water partition coefficient (Wildman–Crippen LogP) is 5.59. The van der Waals surface area contributed by atoms with Gasteiger partial charge < -0.3 is 5.32 Å². The molecule has 1 heterocycles. The summed E-state index contributed by atoms with van der Waals surface area (Å²) in [7, 11) is 0. The molecule has 0 bridgehead atoms. The van der Waals surface area contributed by atoms with Crippen LogP contribution in [-0.2, 0) is 12.3 Å². The maximum atomic E-state index is 14.0. The molecule has 0 aliphatic heterocycles. The van der Waals surface area contributed by atoms with Crippen LogP contribution < -0.4 is 5.32 Å². The monoisotopic (exact) mass is 466 g/mol. The lowest BCUT2D eigenvalue weighted by Crippen LogP contribution is -2.25. The van der Waals surface area contributed by atoms with E-state index in [1.807, 2.05) is 60.0 Å². The van der Waals surface area contributed by atoms with Crippen molar-refractivity contribution in [2.45, 2.75) is 24.4 Å². The zero-order valence-electron chi connectivity index (χ0n) is 17.3. The van der Waals surface area contributed by atoms with E-state index >= 15 is 0 Å². The molecule has 3 aromatic carbocycles. The van der Waals surface area contributed by atoms with Crippen molar-refractivity contribution in [3.8, 4) is 5.69 Å². The first-order chi connectivity index (χ1) is 15.5. The standard InChI is InChI=1S/C24H20ClFN4OS/c1-16-11-12-18(25)13-21(16)30-22(14-27-23(31)19-9-5-6-10-20(19)26)28-29-24(30)32-15-17-7-3-2-4-8-17/h2-13H,14-15H2,1H3,(H,27,31). The summed E-state index contributed by atoms with van der Waals surface area (Å²) >= 11 is 7.80. The molecule has 162 valence electrons. The average molecular weight is 467 g/mol. The topological polar surface area (TPSA) is 59.8 Å². The quantitative estimate of drug-likeness (QED) is 0.361. The third kappa shape index (κ3) is 5.00. The van der Waals surface area contributed by atoms with Gasteiger partial charge >= 0.3 is 0 Å². The largest absolute Gasteiger partial charge is 0.345 e.